The molecule has 0 amide bonds. The Morgan fingerprint density at radius 2 is 1.13 bits per heavy atom. The number of rotatable bonds is 8. The first-order valence-electron chi connectivity index (χ1n) is 15.1. The minimum absolute atomic E-state index is 0.386. The third kappa shape index (κ3) is 10.5. The van der Waals surface area contributed by atoms with E-state index >= 15 is 0 Å². The van der Waals surface area contributed by atoms with Crippen molar-refractivity contribution in [1.29, 1.82) is 5.26 Å². The topological polar surface area (TPSA) is 150 Å². The van der Waals surface area contributed by atoms with Crippen LogP contribution in [0.3, 0.4) is 0 Å². The van der Waals surface area contributed by atoms with Crippen molar-refractivity contribution in [3.05, 3.63) is 35.9 Å². The maximum absolute atomic E-state index is 13.4. The van der Waals surface area contributed by atoms with Crippen molar-refractivity contribution in [3.8, 4) is 6.07 Å². The van der Waals surface area contributed by atoms with Crippen LogP contribution >= 0.6 is 0 Å². The molecule has 11 heteroatoms. The Balaban J connectivity index is 2.74. The number of hydrogen-bond donors (Lipinski definition) is 1. The normalized spacial score (nSPS) is 23.2. The van der Waals surface area contributed by atoms with E-state index in [2.05, 4.69) is 11.4 Å². The van der Waals surface area contributed by atoms with Crippen molar-refractivity contribution >= 4 is 23.9 Å². The zero-order valence-corrected chi connectivity index (χ0v) is 28.7. The van der Waals surface area contributed by atoms with E-state index in [-0.39, 0.29) is 6.61 Å². The predicted octanol–water partition coefficient (Wildman–Crippen LogP) is 5.03. The summed E-state index contributed by atoms with van der Waals surface area (Å²) >= 11 is 0. The highest BCUT2D eigenvalue weighted by Gasteiger charge is 2.55. The molecule has 1 aliphatic heterocycles. The number of hydrogen-bond acceptors (Lipinski definition) is 11. The van der Waals surface area contributed by atoms with Gasteiger partial charge in [0.25, 0.3) is 0 Å². The first-order valence-corrected chi connectivity index (χ1v) is 15.1. The molecule has 6 atom stereocenters. The lowest BCUT2D eigenvalue weighted by Gasteiger charge is -2.46. The van der Waals surface area contributed by atoms with Gasteiger partial charge in [-0.3, -0.25) is 24.5 Å². The van der Waals surface area contributed by atoms with Gasteiger partial charge in [-0.25, -0.2) is 0 Å². The minimum Gasteiger partial charge on any atom is -0.462 e. The van der Waals surface area contributed by atoms with Gasteiger partial charge < -0.3 is 23.7 Å². The quantitative estimate of drug-likeness (QED) is 0.304. The van der Waals surface area contributed by atoms with Crippen molar-refractivity contribution in [3.63, 3.8) is 0 Å². The van der Waals surface area contributed by atoms with Crippen molar-refractivity contribution in [2.45, 2.75) is 120 Å². The number of carbonyl (C=O) groups excluding carboxylic acids is 4. The van der Waals surface area contributed by atoms with Crippen LogP contribution in [0, 0.1) is 33.0 Å². The number of nitrogens with one attached hydrogen (secondary N) is 1. The minimum atomic E-state index is -1.41. The highest BCUT2D eigenvalue weighted by Crippen LogP contribution is 2.34. The van der Waals surface area contributed by atoms with Crippen LogP contribution in [0.15, 0.2) is 30.3 Å². The molecule has 0 spiro atoms. The molecule has 1 N–H and O–H groups in total. The first-order chi connectivity index (χ1) is 20.5. The smallest absolute Gasteiger partial charge is 0.311 e. The number of nitriles is 1. The van der Waals surface area contributed by atoms with Crippen LogP contribution in [0.5, 0.6) is 0 Å². The summed E-state index contributed by atoms with van der Waals surface area (Å²) in [5.41, 5.74) is -3.20. The van der Waals surface area contributed by atoms with E-state index in [1.165, 1.54) is 0 Å². The van der Waals surface area contributed by atoms with Gasteiger partial charge >= 0.3 is 23.9 Å². The lowest BCUT2D eigenvalue weighted by Crippen LogP contribution is -2.66. The first kappa shape index (κ1) is 37.7. The van der Waals surface area contributed by atoms with E-state index in [0.29, 0.717) is 5.56 Å². The largest absolute Gasteiger partial charge is 0.462 e. The third-order valence-corrected chi connectivity index (χ3v) is 6.78. The molecule has 250 valence electrons. The van der Waals surface area contributed by atoms with Crippen molar-refractivity contribution in [1.82, 2.24) is 5.32 Å². The molecule has 4 unspecified atom stereocenters. The summed E-state index contributed by atoms with van der Waals surface area (Å²) in [6.45, 7) is 19.6. The SMILES string of the molecule is CC(C)(C)C(=O)OCC1OC(NC(C#N)c2ccccc2)C(OC(=O)C(C)(C)C)[C@H](OC(=O)C(C)(C)C)[C@@H]1OC(=O)C(C)(C)C. The van der Waals surface area contributed by atoms with Gasteiger partial charge in [-0.05, 0) is 88.6 Å². The summed E-state index contributed by atoms with van der Waals surface area (Å²) in [5.74, 6) is -2.50. The molecule has 11 nitrogen and oxygen atoms in total. The summed E-state index contributed by atoms with van der Waals surface area (Å²) in [7, 11) is 0. The zero-order valence-electron chi connectivity index (χ0n) is 28.7. The van der Waals surface area contributed by atoms with Gasteiger partial charge in [0.15, 0.2) is 24.5 Å². The lowest BCUT2D eigenvalue weighted by atomic mass is 9.92. The van der Waals surface area contributed by atoms with Crippen LogP contribution in [-0.2, 0) is 42.9 Å². The Morgan fingerprint density at radius 1 is 0.711 bits per heavy atom. The summed E-state index contributed by atoms with van der Waals surface area (Å²) in [4.78, 5) is 52.8. The van der Waals surface area contributed by atoms with E-state index in [1.54, 1.807) is 113 Å². The number of nitrogens with zero attached hydrogens (tertiary/aromatic N) is 1. The van der Waals surface area contributed by atoms with Gasteiger partial charge in [0.1, 0.15) is 18.8 Å². The van der Waals surface area contributed by atoms with Crippen LogP contribution < -0.4 is 5.32 Å². The average molecular weight is 631 g/mol. The lowest BCUT2D eigenvalue weighted by molar-refractivity contribution is -0.265. The van der Waals surface area contributed by atoms with E-state index in [4.69, 9.17) is 23.7 Å². The van der Waals surface area contributed by atoms with Crippen LogP contribution in [0.25, 0.3) is 0 Å². The number of esters is 4. The fourth-order valence-electron chi connectivity index (χ4n) is 3.88. The molecule has 45 heavy (non-hydrogen) atoms. The van der Waals surface area contributed by atoms with Crippen molar-refractivity contribution in [2.75, 3.05) is 6.61 Å². The van der Waals surface area contributed by atoms with E-state index in [1.807, 2.05) is 0 Å². The molecular weight excluding hydrogens is 580 g/mol. The van der Waals surface area contributed by atoms with E-state index in [9.17, 15) is 24.4 Å². The predicted molar refractivity (Wildman–Crippen MR) is 165 cm³/mol. The fourth-order valence-corrected chi connectivity index (χ4v) is 3.88. The van der Waals surface area contributed by atoms with Crippen LogP contribution in [0.4, 0.5) is 0 Å². The molecule has 0 aromatic heterocycles. The number of ether oxygens (including phenoxy) is 5. The molecule has 1 saturated heterocycles. The van der Waals surface area contributed by atoms with Crippen LogP contribution in [0.2, 0.25) is 0 Å². The highest BCUT2D eigenvalue weighted by atomic mass is 16.7. The fraction of sp³-hybridized carbons (Fsp3) is 0.676. The standard InChI is InChI=1S/C34H50N2O9/c1-31(2,3)27(37)41-19-22-23(43-28(38)32(4,5)6)24(44-29(39)33(7,8)9)25(45-30(40)34(10,11)12)26(42-22)36-21(18-35)20-16-14-13-15-17-20/h13-17,21-26,36H,19H2,1-12H3/t21?,22?,23-,24-,25?,26?/m1/s1. The molecule has 0 aliphatic carbocycles. The monoisotopic (exact) mass is 630 g/mol. The molecule has 0 radical (unpaired) electrons. The van der Waals surface area contributed by atoms with Crippen molar-refractivity contribution < 1.29 is 42.9 Å². The highest BCUT2D eigenvalue weighted by molar-refractivity contribution is 5.78. The summed E-state index contributed by atoms with van der Waals surface area (Å²) in [6, 6.07) is 10.1. The second kappa shape index (κ2) is 14.3. The Kier molecular flexibility index (Phi) is 12.0. The Labute approximate surface area is 267 Å². The van der Waals surface area contributed by atoms with Gasteiger partial charge in [-0.15, -0.1) is 0 Å². The van der Waals surface area contributed by atoms with Gasteiger partial charge in [-0.1, -0.05) is 30.3 Å². The van der Waals surface area contributed by atoms with Gasteiger partial charge in [0, 0.05) is 0 Å². The second-order valence-corrected chi connectivity index (χ2v) is 15.4. The van der Waals surface area contributed by atoms with Crippen molar-refractivity contribution in [2.24, 2.45) is 21.7 Å². The molecule has 1 fully saturated rings. The molecule has 1 aromatic rings. The van der Waals surface area contributed by atoms with Gasteiger partial charge in [0.05, 0.1) is 27.7 Å². The molecule has 1 aromatic carbocycles. The Hall–Kier alpha value is -3.49. The Bertz CT molecular complexity index is 1240. The molecule has 2 rings (SSSR count). The summed E-state index contributed by atoms with van der Waals surface area (Å²) in [5, 5.41) is 13.2. The van der Waals surface area contributed by atoms with Crippen LogP contribution in [0.1, 0.15) is 94.7 Å². The summed E-state index contributed by atoms with van der Waals surface area (Å²) < 4.78 is 29.9. The molecular formula is C34H50N2O9. The third-order valence-electron chi connectivity index (χ3n) is 6.78. The Morgan fingerprint density at radius 3 is 1.56 bits per heavy atom. The van der Waals surface area contributed by atoms with E-state index < -0.39 is 82.2 Å². The molecule has 1 aliphatic rings. The molecule has 0 saturated carbocycles. The number of carbonyl (C=O) groups is 4. The molecule has 1 heterocycles. The van der Waals surface area contributed by atoms with Gasteiger partial charge in [-0.2, -0.15) is 5.26 Å². The molecule has 0 bridgehead atoms. The number of benzene rings is 1. The maximum Gasteiger partial charge on any atom is 0.311 e. The van der Waals surface area contributed by atoms with E-state index in [0.717, 1.165) is 0 Å². The van der Waals surface area contributed by atoms with Crippen LogP contribution in [-0.4, -0.2) is 61.1 Å². The second-order valence-electron chi connectivity index (χ2n) is 15.4. The average Bonchev–Trinajstić information content (AvgIpc) is 2.91. The summed E-state index contributed by atoms with van der Waals surface area (Å²) in [6.07, 6.45) is -6.59. The van der Waals surface area contributed by atoms with Gasteiger partial charge in [0.2, 0.25) is 0 Å². The maximum atomic E-state index is 13.4. The zero-order chi connectivity index (χ0) is 34.5.